The lowest BCUT2D eigenvalue weighted by molar-refractivity contribution is -0.125. The normalized spacial score (nSPS) is 23.8. The molecule has 2 heterocycles. The highest BCUT2D eigenvalue weighted by Crippen LogP contribution is 2.31. The minimum Gasteiger partial charge on any atom is -0.389 e. The Hall–Kier alpha value is -2.18. The summed E-state index contributed by atoms with van der Waals surface area (Å²) in [6.45, 7) is 1.23. The lowest BCUT2D eigenvalue weighted by Crippen LogP contribution is -2.61. The summed E-state index contributed by atoms with van der Waals surface area (Å²) in [7, 11) is 1.87. The molecule has 0 unspecified atom stereocenters. The minimum absolute atomic E-state index is 0.0546. The van der Waals surface area contributed by atoms with E-state index in [0.29, 0.717) is 25.8 Å². The van der Waals surface area contributed by atoms with Crippen LogP contribution in [0.15, 0.2) is 42.6 Å². The number of amides is 1. The number of hydrogen-bond acceptors (Lipinski definition) is 4. The highest BCUT2D eigenvalue weighted by Gasteiger charge is 2.42. The molecule has 2 atom stereocenters. The molecule has 2 aromatic rings. The number of aryl methyl sites for hydroxylation is 2. The van der Waals surface area contributed by atoms with Crippen molar-refractivity contribution in [1.82, 2.24) is 20.4 Å². The number of carbonyl (C=O) groups is 1. The molecule has 0 radical (unpaired) electrons. The summed E-state index contributed by atoms with van der Waals surface area (Å²) in [5.41, 5.74) is 1.24. The molecule has 1 fully saturated rings. The molecule has 3 N–H and O–H groups in total. The molecule has 0 bridgehead atoms. The van der Waals surface area contributed by atoms with Gasteiger partial charge in [-0.3, -0.25) is 9.48 Å². The van der Waals surface area contributed by atoms with Crippen molar-refractivity contribution in [3.05, 3.63) is 53.9 Å². The van der Waals surface area contributed by atoms with Gasteiger partial charge in [0.05, 0.1) is 11.6 Å². The summed E-state index contributed by atoms with van der Waals surface area (Å²) in [4.78, 5) is 12.6. The predicted molar refractivity (Wildman–Crippen MR) is 91.3 cm³/mol. The number of hydrogen-bond donors (Lipinski definition) is 3. The van der Waals surface area contributed by atoms with E-state index in [1.807, 2.05) is 43.4 Å². The Balaban J connectivity index is 1.74. The smallest absolute Gasteiger partial charge is 0.221 e. The van der Waals surface area contributed by atoms with E-state index in [-0.39, 0.29) is 5.91 Å². The highest BCUT2D eigenvalue weighted by molar-refractivity contribution is 5.77. The number of benzene rings is 1. The largest absolute Gasteiger partial charge is 0.389 e. The van der Waals surface area contributed by atoms with Crippen molar-refractivity contribution < 1.29 is 9.90 Å². The lowest BCUT2D eigenvalue weighted by atomic mass is 9.79. The van der Waals surface area contributed by atoms with E-state index in [1.54, 1.807) is 10.9 Å². The zero-order valence-corrected chi connectivity index (χ0v) is 13.9. The first kappa shape index (κ1) is 16.7. The van der Waals surface area contributed by atoms with E-state index < -0.39 is 11.6 Å². The molecule has 1 amide bonds. The second-order valence-electron chi connectivity index (χ2n) is 6.30. The first-order chi connectivity index (χ1) is 11.6. The summed E-state index contributed by atoms with van der Waals surface area (Å²) in [6, 6.07) is 11.7. The van der Waals surface area contributed by atoms with E-state index in [1.165, 1.54) is 0 Å². The topological polar surface area (TPSA) is 79.2 Å². The van der Waals surface area contributed by atoms with Gasteiger partial charge in [-0.2, -0.15) is 5.10 Å². The number of aliphatic hydroxyl groups is 1. The van der Waals surface area contributed by atoms with Gasteiger partial charge in [0.2, 0.25) is 5.91 Å². The van der Waals surface area contributed by atoms with Crippen LogP contribution in [0.4, 0.5) is 0 Å². The van der Waals surface area contributed by atoms with Crippen LogP contribution >= 0.6 is 0 Å². The number of carbonyl (C=O) groups excluding carboxylic acids is 1. The summed E-state index contributed by atoms with van der Waals surface area (Å²) in [5, 5.41) is 21.0. The average molecular weight is 328 g/mol. The van der Waals surface area contributed by atoms with Crippen LogP contribution in [0.1, 0.15) is 24.1 Å². The molecule has 1 aliphatic rings. The first-order valence-electron chi connectivity index (χ1n) is 8.34. The Bertz CT molecular complexity index is 685. The maximum atomic E-state index is 12.6. The van der Waals surface area contributed by atoms with Crippen molar-refractivity contribution in [1.29, 1.82) is 0 Å². The molecule has 1 aromatic heterocycles. The fourth-order valence-electron chi connectivity index (χ4n) is 3.35. The van der Waals surface area contributed by atoms with Crippen LogP contribution in [0.25, 0.3) is 0 Å². The van der Waals surface area contributed by atoms with Gasteiger partial charge in [0.25, 0.3) is 0 Å². The zero-order chi connectivity index (χ0) is 17.0. The Morgan fingerprint density at radius 1 is 1.42 bits per heavy atom. The third kappa shape index (κ3) is 3.34. The molecule has 1 aromatic carbocycles. The van der Waals surface area contributed by atoms with Gasteiger partial charge in [-0.05, 0) is 31.0 Å². The molecule has 6 heteroatoms. The van der Waals surface area contributed by atoms with E-state index in [9.17, 15) is 9.90 Å². The van der Waals surface area contributed by atoms with Crippen LogP contribution in [0, 0.1) is 0 Å². The number of aliphatic hydroxyl groups excluding tert-OH is 1. The molecular formula is C18H24N4O2. The number of rotatable bonds is 5. The molecule has 0 spiro atoms. The van der Waals surface area contributed by atoms with Crippen LogP contribution in [0.2, 0.25) is 0 Å². The predicted octanol–water partition coefficient (Wildman–Crippen LogP) is 0.719. The molecule has 1 aliphatic heterocycles. The highest BCUT2D eigenvalue weighted by atomic mass is 16.3. The number of piperidine rings is 1. The summed E-state index contributed by atoms with van der Waals surface area (Å²) < 4.78 is 1.78. The van der Waals surface area contributed by atoms with Gasteiger partial charge in [-0.1, -0.05) is 30.3 Å². The summed E-state index contributed by atoms with van der Waals surface area (Å²) in [5.74, 6) is -0.0546. The minimum atomic E-state index is -0.726. The molecule has 128 valence electrons. The van der Waals surface area contributed by atoms with Gasteiger partial charge < -0.3 is 15.7 Å². The van der Waals surface area contributed by atoms with Crippen molar-refractivity contribution in [3.63, 3.8) is 0 Å². The number of nitrogens with zero attached hydrogens (tertiary/aromatic N) is 2. The number of aromatic nitrogens is 2. The fourth-order valence-corrected chi connectivity index (χ4v) is 3.35. The van der Waals surface area contributed by atoms with Gasteiger partial charge in [-0.25, -0.2) is 0 Å². The van der Waals surface area contributed by atoms with Gasteiger partial charge in [0.15, 0.2) is 0 Å². The van der Waals surface area contributed by atoms with Crippen LogP contribution in [-0.4, -0.2) is 40.0 Å². The standard InChI is InChI=1S/C18H24N4O2/c1-22-15(9-11-20-22)7-8-17(24)21-18(10-12-19-13-16(18)23)14-5-3-2-4-6-14/h2-6,9,11,16,19,23H,7-8,10,12-13H2,1H3,(H,21,24)/t16-,18-/m1/s1. The third-order valence-electron chi connectivity index (χ3n) is 4.78. The second-order valence-corrected chi connectivity index (χ2v) is 6.30. The van der Waals surface area contributed by atoms with Crippen molar-refractivity contribution in [2.45, 2.75) is 30.9 Å². The Morgan fingerprint density at radius 2 is 2.21 bits per heavy atom. The van der Waals surface area contributed by atoms with Crippen LogP contribution in [0.5, 0.6) is 0 Å². The first-order valence-corrected chi connectivity index (χ1v) is 8.34. The molecule has 3 rings (SSSR count). The average Bonchev–Trinajstić information content (AvgIpc) is 3.01. The zero-order valence-electron chi connectivity index (χ0n) is 13.9. The Morgan fingerprint density at radius 3 is 2.88 bits per heavy atom. The van der Waals surface area contributed by atoms with Crippen molar-refractivity contribution in [2.24, 2.45) is 7.05 Å². The maximum absolute atomic E-state index is 12.6. The lowest BCUT2D eigenvalue weighted by Gasteiger charge is -2.43. The Kier molecular flexibility index (Phi) is 4.97. The number of β-amino-alcohol motifs (C(OH)–C–C–N with tert-alkyl or cyclic N) is 1. The quantitative estimate of drug-likeness (QED) is 0.756. The SMILES string of the molecule is Cn1nccc1CCC(=O)N[C@@]1(c2ccccc2)CCNC[C@H]1O. The summed E-state index contributed by atoms with van der Waals surface area (Å²) >= 11 is 0. The Labute approximate surface area is 141 Å². The van der Waals surface area contributed by atoms with Crippen LogP contribution in [0.3, 0.4) is 0 Å². The summed E-state index contributed by atoms with van der Waals surface area (Å²) in [6.07, 6.45) is 2.73. The van der Waals surface area contributed by atoms with Gasteiger partial charge in [0, 0.05) is 31.9 Å². The van der Waals surface area contributed by atoms with Crippen LogP contribution in [-0.2, 0) is 23.8 Å². The van der Waals surface area contributed by atoms with Gasteiger partial charge >= 0.3 is 0 Å². The van der Waals surface area contributed by atoms with E-state index >= 15 is 0 Å². The molecule has 24 heavy (non-hydrogen) atoms. The van der Waals surface area contributed by atoms with Gasteiger partial charge in [-0.15, -0.1) is 0 Å². The van der Waals surface area contributed by atoms with E-state index in [2.05, 4.69) is 15.7 Å². The molecule has 0 aliphatic carbocycles. The number of nitrogens with one attached hydrogen (secondary N) is 2. The molecule has 1 saturated heterocycles. The van der Waals surface area contributed by atoms with E-state index in [4.69, 9.17) is 0 Å². The van der Waals surface area contributed by atoms with Crippen LogP contribution < -0.4 is 10.6 Å². The molecular weight excluding hydrogens is 304 g/mol. The molecule has 0 saturated carbocycles. The molecule has 6 nitrogen and oxygen atoms in total. The van der Waals surface area contributed by atoms with Gasteiger partial charge in [0.1, 0.15) is 0 Å². The van der Waals surface area contributed by atoms with Crippen molar-refractivity contribution in [2.75, 3.05) is 13.1 Å². The third-order valence-corrected chi connectivity index (χ3v) is 4.78. The van der Waals surface area contributed by atoms with Crippen molar-refractivity contribution >= 4 is 5.91 Å². The fraction of sp³-hybridized carbons (Fsp3) is 0.444. The van der Waals surface area contributed by atoms with E-state index in [0.717, 1.165) is 17.8 Å². The van der Waals surface area contributed by atoms with Crippen molar-refractivity contribution in [3.8, 4) is 0 Å². The monoisotopic (exact) mass is 328 g/mol. The second kappa shape index (κ2) is 7.15. The maximum Gasteiger partial charge on any atom is 0.221 e.